The highest BCUT2D eigenvalue weighted by atomic mass is 16.4. The summed E-state index contributed by atoms with van der Waals surface area (Å²) in [5.41, 5.74) is 6.51. The number of aromatic nitrogens is 1. The number of nitrogen functional groups attached to an aromatic ring is 1. The minimum absolute atomic E-state index is 0.509. The van der Waals surface area contributed by atoms with E-state index in [1.54, 1.807) is 6.20 Å². The highest BCUT2D eigenvalue weighted by molar-refractivity contribution is 5.95. The lowest BCUT2D eigenvalue weighted by Gasteiger charge is -2.00. The lowest BCUT2D eigenvalue weighted by molar-refractivity contribution is 0.322. The van der Waals surface area contributed by atoms with Gasteiger partial charge < -0.3 is 10.9 Å². The Hall–Kier alpha value is -2.10. The zero-order valence-electron chi connectivity index (χ0n) is 7.38. The molecule has 0 atom stereocenters. The zero-order valence-corrected chi connectivity index (χ0v) is 7.38. The predicted octanol–water partition coefficient (Wildman–Crippen LogP) is 1.63. The van der Waals surface area contributed by atoms with Crippen LogP contribution in [0, 0.1) is 0 Å². The molecule has 0 radical (unpaired) electrons. The highest BCUT2D eigenvalue weighted by Gasteiger charge is 1.98. The highest BCUT2D eigenvalue weighted by Crippen LogP contribution is 2.18. The largest absolute Gasteiger partial charge is 0.411 e. The Balaban J connectivity index is 2.67. The molecule has 4 heteroatoms. The summed E-state index contributed by atoms with van der Waals surface area (Å²) in [5.74, 6) is 0.509. The second-order valence-corrected chi connectivity index (χ2v) is 2.92. The lowest BCUT2D eigenvalue weighted by Crippen LogP contribution is -1.91. The van der Waals surface area contributed by atoms with Gasteiger partial charge in [0.25, 0.3) is 0 Å². The molecule has 0 saturated heterocycles. The first-order valence-electron chi connectivity index (χ1n) is 4.13. The van der Waals surface area contributed by atoms with Gasteiger partial charge in [-0.3, -0.25) is 0 Å². The number of pyridine rings is 1. The average molecular weight is 187 g/mol. The molecule has 0 aliphatic heterocycles. The second kappa shape index (κ2) is 3.33. The third-order valence-electron chi connectivity index (χ3n) is 2.03. The number of hydrogen-bond donors (Lipinski definition) is 2. The average Bonchev–Trinajstić information content (AvgIpc) is 2.18. The Morgan fingerprint density at radius 3 is 3.00 bits per heavy atom. The van der Waals surface area contributed by atoms with E-state index < -0.39 is 0 Å². The first kappa shape index (κ1) is 8.50. The van der Waals surface area contributed by atoms with Crippen molar-refractivity contribution in [3.05, 3.63) is 36.0 Å². The monoisotopic (exact) mass is 187 g/mol. The maximum Gasteiger partial charge on any atom is 0.131 e. The summed E-state index contributed by atoms with van der Waals surface area (Å²) in [4.78, 5) is 3.98. The van der Waals surface area contributed by atoms with Crippen LogP contribution < -0.4 is 5.73 Å². The lowest BCUT2D eigenvalue weighted by atomic mass is 10.1. The molecule has 3 N–H and O–H groups in total. The summed E-state index contributed by atoms with van der Waals surface area (Å²) in [7, 11) is 0. The van der Waals surface area contributed by atoms with Gasteiger partial charge >= 0.3 is 0 Å². The Morgan fingerprint density at radius 1 is 1.36 bits per heavy atom. The van der Waals surface area contributed by atoms with Crippen LogP contribution in [0.1, 0.15) is 5.56 Å². The van der Waals surface area contributed by atoms with Crippen molar-refractivity contribution in [2.45, 2.75) is 0 Å². The second-order valence-electron chi connectivity index (χ2n) is 2.92. The molecule has 0 bridgehead atoms. The third-order valence-corrected chi connectivity index (χ3v) is 2.03. The van der Waals surface area contributed by atoms with Crippen molar-refractivity contribution in [3.8, 4) is 0 Å². The minimum Gasteiger partial charge on any atom is -0.411 e. The number of rotatable bonds is 1. The molecule has 14 heavy (non-hydrogen) atoms. The fourth-order valence-corrected chi connectivity index (χ4v) is 1.37. The first-order chi connectivity index (χ1) is 6.81. The molecular formula is C10H9N3O. The van der Waals surface area contributed by atoms with Gasteiger partial charge in [0.1, 0.15) is 5.82 Å². The maximum atomic E-state index is 8.38. The number of benzene rings is 1. The minimum atomic E-state index is 0.509. The van der Waals surface area contributed by atoms with Crippen molar-refractivity contribution in [3.63, 3.8) is 0 Å². The van der Waals surface area contributed by atoms with Gasteiger partial charge in [0.05, 0.1) is 6.21 Å². The fourth-order valence-electron chi connectivity index (χ4n) is 1.37. The maximum absolute atomic E-state index is 8.38. The van der Waals surface area contributed by atoms with E-state index in [4.69, 9.17) is 10.9 Å². The van der Waals surface area contributed by atoms with Crippen molar-refractivity contribution in [2.75, 3.05) is 5.73 Å². The van der Waals surface area contributed by atoms with E-state index in [0.29, 0.717) is 5.82 Å². The summed E-state index contributed by atoms with van der Waals surface area (Å²) >= 11 is 0. The third kappa shape index (κ3) is 1.37. The Bertz CT molecular complexity index is 494. The number of nitrogens with two attached hydrogens (primary N) is 1. The van der Waals surface area contributed by atoms with Crippen molar-refractivity contribution >= 4 is 22.8 Å². The molecule has 2 aromatic rings. The molecule has 1 heterocycles. The van der Waals surface area contributed by atoms with Gasteiger partial charge in [-0.15, -0.1) is 0 Å². The topological polar surface area (TPSA) is 71.5 Å². The number of anilines is 1. The number of hydrogen-bond acceptors (Lipinski definition) is 4. The van der Waals surface area contributed by atoms with Gasteiger partial charge in [-0.2, -0.15) is 0 Å². The SMILES string of the molecule is Nc1nccc2cc(/C=N/O)ccc12. The Morgan fingerprint density at radius 2 is 2.21 bits per heavy atom. The Kier molecular flexibility index (Phi) is 2.02. The summed E-state index contributed by atoms with van der Waals surface area (Å²) in [6.07, 6.45) is 3.02. The van der Waals surface area contributed by atoms with Crippen LogP contribution in [0.2, 0.25) is 0 Å². The zero-order chi connectivity index (χ0) is 9.97. The summed E-state index contributed by atoms with van der Waals surface area (Å²) < 4.78 is 0. The van der Waals surface area contributed by atoms with Crippen LogP contribution in [0.25, 0.3) is 10.8 Å². The molecule has 0 aliphatic carbocycles. The normalized spacial score (nSPS) is 11.1. The molecule has 1 aromatic carbocycles. The quantitative estimate of drug-likeness (QED) is 0.405. The van der Waals surface area contributed by atoms with Crippen LogP contribution in [0.5, 0.6) is 0 Å². The summed E-state index contributed by atoms with van der Waals surface area (Å²) in [5, 5.41) is 13.2. The molecule has 0 saturated carbocycles. The van der Waals surface area contributed by atoms with Gasteiger partial charge in [-0.05, 0) is 23.1 Å². The van der Waals surface area contributed by atoms with Crippen molar-refractivity contribution in [2.24, 2.45) is 5.16 Å². The standard InChI is InChI=1S/C10H9N3O/c11-10-9-2-1-7(6-13-14)5-8(9)3-4-12-10/h1-6,14H,(H2,11,12)/b13-6+. The van der Waals surface area contributed by atoms with Crippen molar-refractivity contribution in [1.82, 2.24) is 4.98 Å². The molecule has 1 aromatic heterocycles. The van der Waals surface area contributed by atoms with Crippen LogP contribution in [-0.2, 0) is 0 Å². The Labute approximate surface area is 80.7 Å². The summed E-state index contributed by atoms with van der Waals surface area (Å²) in [6, 6.07) is 7.42. The van der Waals surface area contributed by atoms with E-state index in [1.165, 1.54) is 6.21 Å². The fraction of sp³-hybridized carbons (Fsp3) is 0. The molecule has 0 amide bonds. The van der Waals surface area contributed by atoms with E-state index in [0.717, 1.165) is 16.3 Å². The number of nitrogens with zero attached hydrogens (tertiary/aromatic N) is 2. The van der Waals surface area contributed by atoms with Crippen LogP contribution in [-0.4, -0.2) is 16.4 Å². The van der Waals surface area contributed by atoms with E-state index >= 15 is 0 Å². The first-order valence-corrected chi connectivity index (χ1v) is 4.13. The number of fused-ring (bicyclic) bond motifs is 1. The van der Waals surface area contributed by atoms with Crippen LogP contribution >= 0.6 is 0 Å². The molecule has 0 fully saturated rings. The van der Waals surface area contributed by atoms with E-state index in [9.17, 15) is 0 Å². The molecule has 2 rings (SSSR count). The molecular weight excluding hydrogens is 178 g/mol. The molecule has 0 unspecified atom stereocenters. The van der Waals surface area contributed by atoms with Gasteiger partial charge in [0.15, 0.2) is 0 Å². The van der Waals surface area contributed by atoms with E-state index in [-0.39, 0.29) is 0 Å². The van der Waals surface area contributed by atoms with Crippen LogP contribution in [0.15, 0.2) is 35.6 Å². The number of oxime groups is 1. The predicted molar refractivity (Wildman–Crippen MR) is 55.5 cm³/mol. The van der Waals surface area contributed by atoms with Crippen molar-refractivity contribution < 1.29 is 5.21 Å². The van der Waals surface area contributed by atoms with Gasteiger partial charge in [0.2, 0.25) is 0 Å². The molecule has 4 nitrogen and oxygen atoms in total. The van der Waals surface area contributed by atoms with E-state index in [1.807, 2.05) is 24.3 Å². The summed E-state index contributed by atoms with van der Waals surface area (Å²) in [6.45, 7) is 0. The van der Waals surface area contributed by atoms with E-state index in [2.05, 4.69) is 10.1 Å². The molecule has 0 aliphatic rings. The van der Waals surface area contributed by atoms with Gasteiger partial charge in [0, 0.05) is 11.6 Å². The van der Waals surface area contributed by atoms with Crippen LogP contribution in [0.4, 0.5) is 5.82 Å². The molecule has 70 valence electrons. The van der Waals surface area contributed by atoms with Gasteiger partial charge in [-0.1, -0.05) is 17.3 Å². The smallest absolute Gasteiger partial charge is 0.131 e. The molecule has 0 spiro atoms. The van der Waals surface area contributed by atoms with Crippen molar-refractivity contribution in [1.29, 1.82) is 0 Å². The van der Waals surface area contributed by atoms with Crippen LogP contribution in [0.3, 0.4) is 0 Å². The van der Waals surface area contributed by atoms with Gasteiger partial charge in [-0.25, -0.2) is 4.98 Å².